The number of rotatable bonds is 10. The zero-order chi connectivity index (χ0) is 45.4. The average Bonchev–Trinajstić information content (AvgIpc) is 3.40. The standard InChI is InChI=1S/C67H47N/c1-2-22-50(28-21-40-54-55-31-12-15-34-58(55)65(46-23-5-3-6-24-46)59-35-16-13-32-56(54)59)68(64-45-49-27-9-10-29-52(49)53-30-11-14-33-57(53)64)51-43-41-48(42-44-51)67-62-38-19-17-36-60(62)66(47-25-7-4-8-26-47)61-37-18-20-39-63(61)67/h2-39,41-45H,1,40H2/b28-21-,50-22+. The highest BCUT2D eigenvalue weighted by atomic mass is 15.1. The van der Waals surface area contributed by atoms with Crippen LogP contribution in [0.5, 0.6) is 0 Å². The van der Waals surface area contributed by atoms with Crippen LogP contribution in [0.15, 0.2) is 273 Å². The third-order valence-corrected chi connectivity index (χ3v) is 13.7. The Hall–Kier alpha value is -8.78. The molecule has 0 bridgehead atoms. The molecule has 0 unspecified atom stereocenters. The fourth-order valence-corrected chi connectivity index (χ4v) is 10.8. The molecule has 0 spiro atoms. The lowest BCUT2D eigenvalue weighted by Crippen LogP contribution is -2.16. The summed E-state index contributed by atoms with van der Waals surface area (Å²) >= 11 is 0. The molecule has 0 aliphatic rings. The first kappa shape index (κ1) is 40.7. The van der Waals surface area contributed by atoms with Crippen molar-refractivity contribution in [1.82, 2.24) is 0 Å². The van der Waals surface area contributed by atoms with Gasteiger partial charge < -0.3 is 4.90 Å². The first-order chi connectivity index (χ1) is 33.7. The predicted octanol–water partition coefficient (Wildman–Crippen LogP) is 18.6. The number of fused-ring (bicyclic) bond motifs is 7. The van der Waals surface area contributed by atoms with Gasteiger partial charge in [-0.3, -0.25) is 0 Å². The summed E-state index contributed by atoms with van der Waals surface area (Å²) in [6.45, 7) is 4.27. The zero-order valence-corrected chi connectivity index (χ0v) is 37.7. The molecule has 1 heteroatoms. The fourth-order valence-electron chi connectivity index (χ4n) is 10.8. The maximum absolute atomic E-state index is 4.27. The second-order valence-electron chi connectivity index (χ2n) is 17.5. The van der Waals surface area contributed by atoms with Crippen molar-refractivity contribution in [2.24, 2.45) is 0 Å². The fraction of sp³-hybridized carbons (Fsp3) is 0.0149. The third-order valence-electron chi connectivity index (χ3n) is 13.7. The summed E-state index contributed by atoms with van der Waals surface area (Å²) in [5, 5.41) is 14.9. The van der Waals surface area contributed by atoms with Gasteiger partial charge in [0, 0.05) is 16.8 Å². The summed E-state index contributed by atoms with van der Waals surface area (Å²) in [7, 11) is 0. The molecule has 12 aromatic carbocycles. The predicted molar refractivity (Wildman–Crippen MR) is 294 cm³/mol. The van der Waals surface area contributed by atoms with Gasteiger partial charge in [-0.25, -0.2) is 0 Å². The summed E-state index contributed by atoms with van der Waals surface area (Å²) in [6, 6.07) is 86.3. The number of hydrogen-bond acceptors (Lipinski definition) is 1. The second-order valence-corrected chi connectivity index (χ2v) is 17.5. The Morgan fingerprint density at radius 3 is 1.24 bits per heavy atom. The minimum atomic E-state index is 0.745. The molecule has 1 nitrogen and oxygen atoms in total. The maximum atomic E-state index is 4.27. The molecule has 0 saturated heterocycles. The number of nitrogens with zero attached hydrogens (tertiary/aromatic N) is 1. The average molecular weight is 866 g/mol. The Bertz CT molecular complexity index is 3820. The summed E-state index contributed by atoms with van der Waals surface area (Å²) < 4.78 is 0. The van der Waals surface area contributed by atoms with E-state index in [9.17, 15) is 0 Å². The highest BCUT2D eigenvalue weighted by Gasteiger charge is 2.21. The Labute approximate surface area is 397 Å². The van der Waals surface area contributed by atoms with Gasteiger partial charge >= 0.3 is 0 Å². The van der Waals surface area contributed by atoms with Crippen LogP contribution >= 0.6 is 0 Å². The van der Waals surface area contributed by atoms with E-state index in [1.165, 1.54) is 104 Å². The molecule has 0 aliphatic carbocycles. The molecular weight excluding hydrogens is 819 g/mol. The molecule has 68 heavy (non-hydrogen) atoms. The highest BCUT2D eigenvalue weighted by molar-refractivity contribution is 6.22. The molecule has 0 atom stereocenters. The largest absolute Gasteiger partial charge is 0.310 e. The van der Waals surface area contributed by atoms with Crippen LogP contribution < -0.4 is 4.90 Å². The number of hydrogen-bond donors (Lipinski definition) is 0. The molecule has 0 radical (unpaired) electrons. The molecule has 0 amide bonds. The van der Waals surface area contributed by atoms with E-state index in [-0.39, 0.29) is 0 Å². The minimum Gasteiger partial charge on any atom is -0.310 e. The highest BCUT2D eigenvalue weighted by Crippen LogP contribution is 2.46. The SMILES string of the molecule is C=C/C=C(\C=C/Cc1c2ccccc2c(-c2ccccc2)c2ccccc12)N(c1ccc(-c2c3ccccc3c(-c3ccccc3)c3ccccc23)cc1)c1cc2ccccc2c2ccccc12. The lowest BCUT2D eigenvalue weighted by Gasteiger charge is -2.29. The molecule has 0 N–H and O–H groups in total. The smallest absolute Gasteiger partial charge is 0.0546 e. The molecular formula is C67H47N. The van der Waals surface area contributed by atoms with Gasteiger partial charge in [0.15, 0.2) is 0 Å². The molecule has 0 aromatic heterocycles. The summed E-state index contributed by atoms with van der Waals surface area (Å²) in [4.78, 5) is 2.42. The second kappa shape index (κ2) is 17.5. The Morgan fingerprint density at radius 2 is 0.750 bits per heavy atom. The van der Waals surface area contributed by atoms with E-state index < -0.39 is 0 Å². The quantitative estimate of drug-likeness (QED) is 0.0752. The maximum Gasteiger partial charge on any atom is 0.0546 e. The van der Waals surface area contributed by atoms with E-state index in [4.69, 9.17) is 0 Å². The Kier molecular flexibility index (Phi) is 10.5. The summed E-state index contributed by atoms with van der Waals surface area (Å²) in [5.74, 6) is 0. The van der Waals surface area contributed by atoms with E-state index in [1.807, 2.05) is 6.08 Å². The van der Waals surface area contributed by atoms with Crippen molar-refractivity contribution in [1.29, 1.82) is 0 Å². The van der Waals surface area contributed by atoms with Crippen molar-refractivity contribution in [3.8, 4) is 33.4 Å². The van der Waals surface area contributed by atoms with Crippen LogP contribution in [0.25, 0.3) is 98.0 Å². The Morgan fingerprint density at radius 1 is 0.368 bits per heavy atom. The van der Waals surface area contributed by atoms with E-state index in [0.29, 0.717) is 0 Å². The van der Waals surface area contributed by atoms with Crippen LogP contribution in [0.4, 0.5) is 11.4 Å². The van der Waals surface area contributed by atoms with Crippen molar-refractivity contribution in [2.75, 3.05) is 4.90 Å². The molecule has 0 fully saturated rings. The van der Waals surface area contributed by atoms with Gasteiger partial charge in [0.1, 0.15) is 0 Å². The topological polar surface area (TPSA) is 3.24 Å². The van der Waals surface area contributed by atoms with Crippen LogP contribution in [-0.2, 0) is 6.42 Å². The third kappa shape index (κ3) is 7.05. The summed E-state index contributed by atoms with van der Waals surface area (Å²) in [5.41, 5.74) is 11.9. The molecule has 0 heterocycles. The van der Waals surface area contributed by atoms with Crippen molar-refractivity contribution in [2.45, 2.75) is 6.42 Å². The van der Waals surface area contributed by atoms with E-state index >= 15 is 0 Å². The van der Waals surface area contributed by atoms with E-state index in [2.05, 4.69) is 266 Å². The van der Waals surface area contributed by atoms with Gasteiger partial charge in [-0.15, -0.1) is 0 Å². The lowest BCUT2D eigenvalue weighted by atomic mass is 9.86. The van der Waals surface area contributed by atoms with Crippen LogP contribution in [0.3, 0.4) is 0 Å². The van der Waals surface area contributed by atoms with E-state index in [0.717, 1.165) is 23.5 Å². The molecule has 320 valence electrons. The van der Waals surface area contributed by atoms with Gasteiger partial charge in [0.25, 0.3) is 0 Å². The van der Waals surface area contributed by atoms with Crippen molar-refractivity contribution < 1.29 is 0 Å². The first-order valence-corrected chi connectivity index (χ1v) is 23.5. The normalized spacial score (nSPS) is 12.0. The van der Waals surface area contributed by atoms with Crippen LogP contribution in [0.2, 0.25) is 0 Å². The number of anilines is 2. The van der Waals surface area contributed by atoms with Crippen LogP contribution in [-0.4, -0.2) is 0 Å². The van der Waals surface area contributed by atoms with Crippen molar-refractivity contribution in [3.63, 3.8) is 0 Å². The van der Waals surface area contributed by atoms with Gasteiger partial charge in [-0.05, 0) is 135 Å². The van der Waals surface area contributed by atoms with Crippen molar-refractivity contribution in [3.05, 3.63) is 279 Å². The zero-order valence-electron chi connectivity index (χ0n) is 37.7. The van der Waals surface area contributed by atoms with Gasteiger partial charge in [-0.1, -0.05) is 237 Å². The summed E-state index contributed by atoms with van der Waals surface area (Å²) in [6.07, 6.45) is 9.43. The van der Waals surface area contributed by atoms with Crippen LogP contribution in [0.1, 0.15) is 5.56 Å². The van der Waals surface area contributed by atoms with Gasteiger partial charge in [-0.2, -0.15) is 0 Å². The van der Waals surface area contributed by atoms with Crippen LogP contribution in [0, 0.1) is 0 Å². The lowest BCUT2D eigenvalue weighted by molar-refractivity contribution is 1.21. The van der Waals surface area contributed by atoms with Gasteiger partial charge in [0.05, 0.1) is 5.69 Å². The Balaban J connectivity index is 1.02. The molecule has 12 aromatic rings. The monoisotopic (exact) mass is 865 g/mol. The van der Waals surface area contributed by atoms with E-state index in [1.54, 1.807) is 0 Å². The molecule has 0 aliphatic heterocycles. The minimum absolute atomic E-state index is 0.745. The molecule has 0 saturated carbocycles. The number of allylic oxidation sites excluding steroid dienone is 4. The van der Waals surface area contributed by atoms with Gasteiger partial charge in [0.2, 0.25) is 0 Å². The van der Waals surface area contributed by atoms with Crippen molar-refractivity contribution >= 4 is 76.0 Å². The first-order valence-electron chi connectivity index (χ1n) is 23.5. The number of benzene rings is 12. The molecule has 12 rings (SSSR count).